The molecule has 0 unspecified atom stereocenters. The number of rotatable bonds is 3. The second kappa shape index (κ2) is 4.76. The van der Waals surface area contributed by atoms with Crippen LogP contribution < -0.4 is 4.90 Å². The van der Waals surface area contributed by atoms with E-state index in [-0.39, 0.29) is 18.4 Å². The van der Waals surface area contributed by atoms with Gasteiger partial charge in [0.2, 0.25) is 11.8 Å². The van der Waals surface area contributed by atoms with Gasteiger partial charge in [-0.1, -0.05) is 24.3 Å². The molecule has 0 spiro atoms. The number of amides is 2. The van der Waals surface area contributed by atoms with Crippen LogP contribution in [0, 0.1) is 11.8 Å². The number of hydrogen-bond acceptors (Lipinski definition) is 5. The summed E-state index contributed by atoms with van der Waals surface area (Å²) in [6, 6.07) is 8.84. The van der Waals surface area contributed by atoms with Crippen LogP contribution in [-0.4, -0.2) is 36.1 Å². The molecule has 6 nitrogen and oxygen atoms in total. The summed E-state index contributed by atoms with van der Waals surface area (Å²) in [7, 11) is 0. The maximum absolute atomic E-state index is 12.9. The average molecular weight is 313 g/mol. The molecule has 1 aromatic rings. The number of imide groups is 1. The van der Waals surface area contributed by atoms with E-state index in [2.05, 4.69) is 0 Å². The summed E-state index contributed by atoms with van der Waals surface area (Å²) in [4.78, 5) is 38.0. The van der Waals surface area contributed by atoms with Crippen LogP contribution in [0.25, 0.3) is 0 Å². The average Bonchev–Trinajstić information content (AvgIpc) is 3.17. The van der Waals surface area contributed by atoms with Crippen LogP contribution in [0.2, 0.25) is 0 Å². The fourth-order valence-electron chi connectivity index (χ4n) is 3.71. The fraction of sp³-hybridized carbons (Fsp3) is 0.353. The second-order valence-electron chi connectivity index (χ2n) is 6.03. The highest BCUT2D eigenvalue weighted by Gasteiger charge is 2.68. The zero-order valence-corrected chi connectivity index (χ0v) is 12.5. The van der Waals surface area contributed by atoms with Crippen molar-refractivity contribution in [2.24, 2.45) is 11.8 Å². The van der Waals surface area contributed by atoms with Gasteiger partial charge in [0.05, 0.1) is 23.6 Å². The van der Waals surface area contributed by atoms with E-state index in [1.165, 1.54) is 11.8 Å². The molecule has 2 bridgehead atoms. The number of anilines is 1. The quantitative estimate of drug-likeness (QED) is 0.474. The van der Waals surface area contributed by atoms with Crippen LogP contribution in [0.15, 0.2) is 42.5 Å². The first-order valence-electron chi connectivity index (χ1n) is 7.47. The summed E-state index contributed by atoms with van der Waals surface area (Å²) in [6.07, 6.45) is 3.09. The molecule has 3 aliphatic heterocycles. The zero-order valence-electron chi connectivity index (χ0n) is 12.5. The lowest BCUT2D eigenvalue weighted by atomic mass is 9.77. The smallest absolute Gasteiger partial charge is 0.302 e. The Balaban J connectivity index is 1.70. The maximum atomic E-state index is 12.9. The molecule has 4 rings (SSSR count). The summed E-state index contributed by atoms with van der Waals surface area (Å²) >= 11 is 0. The molecule has 0 aromatic heterocycles. The number of esters is 1. The Hall–Kier alpha value is -2.47. The van der Waals surface area contributed by atoms with E-state index in [0.29, 0.717) is 5.69 Å². The van der Waals surface area contributed by atoms with Crippen LogP contribution >= 0.6 is 0 Å². The predicted molar refractivity (Wildman–Crippen MR) is 79.3 cm³/mol. The van der Waals surface area contributed by atoms with E-state index < -0.39 is 29.5 Å². The maximum Gasteiger partial charge on any atom is 0.302 e. The van der Waals surface area contributed by atoms with Gasteiger partial charge in [-0.05, 0) is 18.2 Å². The number of nitrogens with zero attached hydrogens (tertiary/aromatic N) is 1. The zero-order chi connectivity index (χ0) is 16.2. The molecule has 0 N–H and O–H groups in total. The van der Waals surface area contributed by atoms with Gasteiger partial charge in [-0.25, -0.2) is 4.90 Å². The van der Waals surface area contributed by atoms with Gasteiger partial charge < -0.3 is 9.47 Å². The number of hydrogen-bond donors (Lipinski definition) is 0. The van der Waals surface area contributed by atoms with Crippen LogP contribution in [0.4, 0.5) is 5.69 Å². The number of carbonyl (C=O) groups is 3. The molecule has 0 aliphatic carbocycles. The first kappa shape index (κ1) is 14.1. The lowest BCUT2D eigenvalue weighted by Gasteiger charge is -2.28. The molecule has 2 amide bonds. The largest absolute Gasteiger partial charge is 0.462 e. The summed E-state index contributed by atoms with van der Waals surface area (Å²) in [6.45, 7) is 1.25. The van der Waals surface area contributed by atoms with E-state index in [1.807, 2.05) is 6.07 Å². The minimum Gasteiger partial charge on any atom is -0.462 e. The van der Waals surface area contributed by atoms with Gasteiger partial charge in [0, 0.05) is 6.92 Å². The van der Waals surface area contributed by atoms with Crippen LogP contribution in [-0.2, 0) is 23.9 Å². The Kier molecular flexibility index (Phi) is 2.93. The molecule has 6 heteroatoms. The minimum atomic E-state index is -1.03. The number of ether oxygens (including phenoxy) is 2. The highest BCUT2D eigenvalue weighted by atomic mass is 16.6. The van der Waals surface area contributed by atoms with Gasteiger partial charge in [-0.15, -0.1) is 0 Å². The molecule has 4 atom stereocenters. The van der Waals surface area contributed by atoms with E-state index in [1.54, 1.807) is 36.4 Å². The number of benzene rings is 1. The third-order valence-corrected chi connectivity index (χ3v) is 4.67. The Morgan fingerprint density at radius 2 is 2.00 bits per heavy atom. The normalized spacial score (nSPS) is 34.1. The molecule has 2 fully saturated rings. The first-order chi connectivity index (χ1) is 11.0. The molecule has 2 saturated heterocycles. The van der Waals surface area contributed by atoms with Crippen molar-refractivity contribution < 1.29 is 23.9 Å². The van der Waals surface area contributed by atoms with Crippen LogP contribution in [0.1, 0.15) is 6.92 Å². The molecule has 0 saturated carbocycles. The van der Waals surface area contributed by atoms with Gasteiger partial charge in [0.25, 0.3) is 0 Å². The Morgan fingerprint density at radius 3 is 2.70 bits per heavy atom. The van der Waals surface area contributed by atoms with Crippen molar-refractivity contribution >= 4 is 23.5 Å². The Labute approximate surface area is 132 Å². The minimum absolute atomic E-state index is 0.0574. The second-order valence-corrected chi connectivity index (χ2v) is 6.03. The highest BCUT2D eigenvalue weighted by Crippen LogP contribution is 2.52. The van der Waals surface area contributed by atoms with Crippen molar-refractivity contribution in [2.75, 3.05) is 11.5 Å². The summed E-state index contributed by atoms with van der Waals surface area (Å²) < 4.78 is 10.9. The molecule has 23 heavy (non-hydrogen) atoms. The Bertz CT molecular complexity index is 728. The van der Waals surface area contributed by atoms with Crippen molar-refractivity contribution in [2.45, 2.75) is 18.6 Å². The Morgan fingerprint density at radius 1 is 1.26 bits per heavy atom. The lowest BCUT2D eigenvalue weighted by Crippen LogP contribution is -2.44. The number of fused-ring (bicyclic) bond motifs is 5. The van der Waals surface area contributed by atoms with Gasteiger partial charge in [0.1, 0.15) is 12.2 Å². The monoisotopic (exact) mass is 313 g/mol. The molecular formula is C17H15NO5. The van der Waals surface area contributed by atoms with Gasteiger partial charge in [-0.2, -0.15) is 0 Å². The van der Waals surface area contributed by atoms with E-state index in [0.717, 1.165) is 0 Å². The van der Waals surface area contributed by atoms with Crippen molar-refractivity contribution in [1.29, 1.82) is 0 Å². The van der Waals surface area contributed by atoms with Crippen LogP contribution in [0.5, 0.6) is 0 Å². The molecule has 3 heterocycles. The summed E-state index contributed by atoms with van der Waals surface area (Å²) in [5, 5.41) is 0. The molecule has 3 aliphatic rings. The molecule has 1 aromatic carbocycles. The van der Waals surface area contributed by atoms with Crippen molar-refractivity contribution in [1.82, 2.24) is 0 Å². The number of para-hydroxylation sites is 1. The predicted octanol–water partition coefficient (Wildman–Crippen LogP) is 1.06. The first-order valence-corrected chi connectivity index (χ1v) is 7.47. The summed E-state index contributed by atoms with van der Waals surface area (Å²) in [5.74, 6) is -2.21. The van der Waals surface area contributed by atoms with E-state index in [9.17, 15) is 14.4 Å². The standard InChI is InChI=1S/C17H15NO5/c1-10(19)22-9-17-8-7-12(23-17)13-14(17)16(21)18(15(13)20)11-5-3-2-4-6-11/h2-8,12-14H,9H2,1H3/t12-,13+,14+,17-/m1/s1. The fourth-order valence-corrected chi connectivity index (χ4v) is 3.71. The van der Waals surface area contributed by atoms with E-state index >= 15 is 0 Å². The summed E-state index contributed by atoms with van der Waals surface area (Å²) in [5.41, 5.74) is -0.476. The topological polar surface area (TPSA) is 72.9 Å². The molecular weight excluding hydrogens is 298 g/mol. The lowest BCUT2D eigenvalue weighted by molar-refractivity contribution is -0.150. The van der Waals surface area contributed by atoms with E-state index in [4.69, 9.17) is 9.47 Å². The molecule has 0 radical (unpaired) electrons. The van der Waals surface area contributed by atoms with Crippen molar-refractivity contribution in [3.63, 3.8) is 0 Å². The van der Waals surface area contributed by atoms with Crippen molar-refractivity contribution in [3.05, 3.63) is 42.5 Å². The van der Waals surface area contributed by atoms with Gasteiger partial charge in [0.15, 0.2) is 0 Å². The third kappa shape index (κ3) is 1.88. The van der Waals surface area contributed by atoms with Gasteiger partial charge >= 0.3 is 5.97 Å². The highest BCUT2D eigenvalue weighted by molar-refractivity contribution is 6.23. The number of carbonyl (C=O) groups excluding carboxylic acids is 3. The van der Waals surface area contributed by atoms with Gasteiger partial charge in [-0.3, -0.25) is 14.4 Å². The van der Waals surface area contributed by atoms with Crippen molar-refractivity contribution in [3.8, 4) is 0 Å². The third-order valence-electron chi connectivity index (χ3n) is 4.67. The van der Waals surface area contributed by atoms with Crippen LogP contribution in [0.3, 0.4) is 0 Å². The molecule has 118 valence electrons. The SMILES string of the molecule is CC(=O)OC[C@@]12C=C[C@@H](O1)[C@@H]1C(=O)N(c3ccccc3)C(=O)[C@H]12.